The van der Waals surface area contributed by atoms with Crippen molar-refractivity contribution in [1.29, 1.82) is 0 Å². The van der Waals surface area contributed by atoms with Gasteiger partial charge in [0.25, 0.3) is 0 Å². The lowest BCUT2D eigenvalue weighted by atomic mass is 10.1. The molecule has 7 heteroatoms. The summed E-state index contributed by atoms with van der Waals surface area (Å²) in [6.45, 7) is 3.06. The number of aromatic nitrogens is 3. The molecule has 2 heterocycles. The lowest BCUT2D eigenvalue weighted by molar-refractivity contribution is -0.128. The highest BCUT2D eigenvalue weighted by Gasteiger charge is 2.33. The second-order valence-electron chi connectivity index (χ2n) is 5.23. The third kappa shape index (κ3) is 2.83. The molecule has 114 valence electrons. The van der Waals surface area contributed by atoms with Crippen LogP contribution in [0.5, 0.6) is 0 Å². The van der Waals surface area contributed by atoms with E-state index in [-0.39, 0.29) is 24.2 Å². The zero-order chi connectivity index (χ0) is 15.5. The van der Waals surface area contributed by atoms with E-state index in [1.807, 2.05) is 31.2 Å². The van der Waals surface area contributed by atoms with E-state index in [2.05, 4.69) is 20.5 Å². The maximum Gasteiger partial charge on any atom is 0.229 e. The SMILES string of the molecule is CCN1C[C@H](C(=O)Nc2ccc(-c3ncn[nH]3)cc2)CC1=O. The number of anilines is 1. The molecule has 22 heavy (non-hydrogen) atoms. The van der Waals surface area contributed by atoms with Gasteiger partial charge in [0, 0.05) is 30.8 Å². The largest absolute Gasteiger partial charge is 0.342 e. The van der Waals surface area contributed by atoms with Gasteiger partial charge in [0.05, 0.1) is 5.92 Å². The molecule has 2 aromatic rings. The molecule has 2 N–H and O–H groups in total. The highest BCUT2D eigenvalue weighted by Crippen LogP contribution is 2.21. The first-order valence-corrected chi connectivity index (χ1v) is 7.22. The summed E-state index contributed by atoms with van der Waals surface area (Å²) < 4.78 is 0. The Morgan fingerprint density at radius 1 is 1.41 bits per heavy atom. The van der Waals surface area contributed by atoms with Crippen molar-refractivity contribution in [2.75, 3.05) is 18.4 Å². The average molecular weight is 299 g/mol. The molecular formula is C15H17N5O2. The van der Waals surface area contributed by atoms with E-state index in [0.29, 0.717) is 24.6 Å². The third-order valence-corrected chi connectivity index (χ3v) is 3.81. The van der Waals surface area contributed by atoms with Crippen LogP contribution in [0.15, 0.2) is 30.6 Å². The van der Waals surface area contributed by atoms with Gasteiger partial charge in [0.1, 0.15) is 6.33 Å². The molecule has 1 aromatic heterocycles. The minimum Gasteiger partial charge on any atom is -0.342 e. The van der Waals surface area contributed by atoms with Crippen LogP contribution < -0.4 is 5.32 Å². The summed E-state index contributed by atoms with van der Waals surface area (Å²) in [5.41, 5.74) is 1.60. The number of amides is 2. The molecular weight excluding hydrogens is 282 g/mol. The van der Waals surface area contributed by atoms with Crippen molar-refractivity contribution >= 4 is 17.5 Å². The van der Waals surface area contributed by atoms with E-state index in [4.69, 9.17) is 0 Å². The van der Waals surface area contributed by atoms with Crippen LogP contribution in [0.3, 0.4) is 0 Å². The first kappa shape index (κ1) is 14.2. The second kappa shape index (κ2) is 5.97. The normalized spacial score (nSPS) is 17.8. The minimum atomic E-state index is -0.276. The van der Waals surface area contributed by atoms with Crippen LogP contribution in [0.25, 0.3) is 11.4 Å². The third-order valence-electron chi connectivity index (χ3n) is 3.81. The predicted molar refractivity (Wildman–Crippen MR) is 80.8 cm³/mol. The van der Waals surface area contributed by atoms with Gasteiger partial charge < -0.3 is 10.2 Å². The van der Waals surface area contributed by atoms with E-state index < -0.39 is 0 Å². The fraction of sp³-hybridized carbons (Fsp3) is 0.333. The zero-order valence-corrected chi connectivity index (χ0v) is 12.2. The highest BCUT2D eigenvalue weighted by atomic mass is 16.2. The molecule has 0 aliphatic carbocycles. The summed E-state index contributed by atoms with van der Waals surface area (Å²) in [6.07, 6.45) is 1.73. The summed E-state index contributed by atoms with van der Waals surface area (Å²) in [4.78, 5) is 29.7. The van der Waals surface area contributed by atoms with Gasteiger partial charge in [-0.05, 0) is 31.2 Å². The van der Waals surface area contributed by atoms with Crippen LogP contribution in [0.2, 0.25) is 0 Å². The maximum atomic E-state index is 12.2. The fourth-order valence-corrected chi connectivity index (χ4v) is 2.55. The number of carbonyl (C=O) groups excluding carboxylic acids is 2. The molecule has 0 bridgehead atoms. The average Bonchev–Trinajstić information content (AvgIpc) is 3.17. The van der Waals surface area contributed by atoms with Crippen molar-refractivity contribution < 1.29 is 9.59 Å². The number of H-pyrrole nitrogens is 1. The summed E-state index contributed by atoms with van der Waals surface area (Å²) in [5.74, 6) is 0.333. The predicted octanol–water partition coefficient (Wildman–Crippen LogP) is 1.28. The Labute approximate surface area is 127 Å². The second-order valence-corrected chi connectivity index (χ2v) is 5.23. The Morgan fingerprint density at radius 3 is 2.77 bits per heavy atom. The van der Waals surface area contributed by atoms with Crippen molar-refractivity contribution in [2.45, 2.75) is 13.3 Å². The number of benzene rings is 1. The molecule has 1 atom stereocenters. The zero-order valence-electron chi connectivity index (χ0n) is 12.2. The number of carbonyl (C=O) groups is 2. The Bertz CT molecular complexity index is 666. The number of likely N-dealkylation sites (tertiary alicyclic amines) is 1. The van der Waals surface area contributed by atoms with Crippen molar-refractivity contribution in [3.05, 3.63) is 30.6 Å². The monoisotopic (exact) mass is 299 g/mol. The van der Waals surface area contributed by atoms with Gasteiger partial charge in [-0.2, -0.15) is 5.10 Å². The van der Waals surface area contributed by atoms with Crippen molar-refractivity contribution in [3.63, 3.8) is 0 Å². The van der Waals surface area contributed by atoms with Crippen LogP contribution in [0.1, 0.15) is 13.3 Å². The van der Waals surface area contributed by atoms with Gasteiger partial charge in [-0.15, -0.1) is 0 Å². The first-order valence-electron chi connectivity index (χ1n) is 7.22. The smallest absolute Gasteiger partial charge is 0.229 e. The lowest BCUT2D eigenvalue weighted by Gasteiger charge is -2.13. The molecule has 1 aromatic carbocycles. The van der Waals surface area contributed by atoms with Gasteiger partial charge in [-0.1, -0.05) is 0 Å². The van der Waals surface area contributed by atoms with E-state index in [9.17, 15) is 9.59 Å². The Morgan fingerprint density at radius 2 is 2.18 bits per heavy atom. The number of hydrogen-bond donors (Lipinski definition) is 2. The lowest BCUT2D eigenvalue weighted by Crippen LogP contribution is -2.28. The van der Waals surface area contributed by atoms with Crippen LogP contribution in [0, 0.1) is 5.92 Å². The molecule has 1 fully saturated rings. The van der Waals surface area contributed by atoms with Gasteiger partial charge in [0.2, 0.25) is 11.8 Å². The van der Waals surface area contributed by atoms with Crippen LogP contribution in [-0.2, 0) is 9.59 Å². The fourth-order valence-electron chi connectivity index (χ4n) is 2.55. The molecule has 0 saturated carbocycles. The summed E-state index contributed by atoms with van der Waals surface area (Å²) >= 11 is 0. The molecule has 0 radical (unpaired) electrons. The molecule has 1 aliphatic rings. The van der Waals surface area contributed by atoms with Gasteiger partial charge >= 0.3 is 0 Å². The molecule has 1 aliphatic heterocycles. The number of nitrogens with zero attached hydrogens (tertiary/aromatic N) is 3. The summed E-state index contributed by atoms with van der Waals surface area (Å²) in [5, 5.41) is 9.44. The molecule has 1 saturated heterocycles. The quantitative estimate of drug-likeness (QED) is 0.889. The first-order chi connectivity index (χ1) is 10.7. The number of hydrogen-bond acceptors (Lipinski definition) is 4. The summed E-state index contributed by atoms with van der Waals surface area (Å²) in [6, 6.07) is 7.33. The topological polar surface area (TPSA) is 91.0 Å². The Hall–Kier alpha value is -2.70. The van der Waals surface area contributed by atoms with Gasteiger partial charge in [-0.25, -0.2) is 4.98 Å². The van der Waals surface area contributed by atoms with Crippen LogP contribution >= 0.6 is 0 Å². The summed E-state index contributed by atoms with van der Waals surface area (Å²) in [7, 11) is 0. The van der Waals surface area contributed by atoms with Gasteiger partial charge in [0.15, 0.2) is 5.82 Å². The molecule has 0 spiro atoms. The van der Waals surface area contributed by atoms with E-state index in [1.54, 1.807) is 4.90 Å². The maximum absolute atomic E-state index is 12.2. The standard InChI is InChI=1S/C15H17N5O2/c1-2-20-8-11(7-13(20)21)15(22)18-12-5-3-10(4-6-12)14-16-9-17-19-14/h3-6,9,11H,2,7-8H2,1H3,(H,18,22)(H,16,17,19)/t11-/m1/s1. The van der Waals surface area contributed by atoms with Crippen LogP contribution in [0.4, 0.5) is 5.69 Å². The Kier molecular flexibility index (Phi) is 3.86. The van der Waals surface area contributed by atoms with Crippen molar-refractivity contribution in [1.82, 2.24) is 20.1 Å². The molecule has 2 amide bonds. The van der Waals surface area contributed by atoms with E-state index in [0.717, 1.165) is 5.56 Å². The number of rotatable bonds is 4. The Balaban J connectivity index is 1.64. The molecule has 3 rings (SSSR count). The highest BCUT2D eigenvalue weighted by molar-refractivity contribution is 5.97. The van der Waals surface area contributed by atoms with E-state index in [1.165, 1.54) is 6.33 Å². The van der Waals surface area contributed by atoms with Gasteiger partial charge in [-0.3, -0.25) is 14.7 Å². The number of aromatic amines is 1. The van der Waals surface area contributed by atoms with Crippen molar-refractivity contribution in [2.24, 2.45) is 5.92 Å². The molecule has 7 nitrogen and oxygen atoms in total. The molecule has 0 unspecified atom stereocenters. The minimum absolute atomic E-state index is 0.0447. The van der Waals surface area contributed by atoms with Crippen molar-refractivity contribution in [3.8, 4) is 11.4 Å². The van der Waals surface area contributed by atoms with E-state index >= 15 is 0 Å². The number of nitrogens with one attached hydrogen (secondary N) is 2. The van der Waals surface area contributed by atoms with Crippen LogP contribution in [-0.4, -0.2) is 45.0 Å².